The molecule has 0 radical (unpaired) electrons. The Hall–Kier alpha value is -2.14. The molecule has 1 atom stereocenters. The third-order valence-corrected chi connectivity index (χ3v) is 3.78. The number of benzene rings is 1. The minimum absolute atomic E-state index is 0.0656. The van der Waals surface area contributed by atoms with Crippen molar-refractivity contribution in [3.05, 3.63) is 57.8 Å². The van der Waals surface area contributed by atoms with Crippen molar-refractivity contribution in [2.75, 3.05) is 0 Å². The molecule has 0 aliphatic carbocycles. The van der Waals surface area contributed by atoms with Gasteiger partial charge in [-0.3, -0.25) is 4.79 Å². The average molecular weight is 289 g/mol. The van der Waals surface area contributed by atoms with Gasteiger partial charge in [0.1, 0.15) is 0 Å². The van der Waals surface area contributed by atoms with Crippen LogP contribution in [0.2, 0.25) is 0 Å². The Morgan fingerprint density at radius 1 is 1.35 bits per heavy atom. The van der Waals surface area contributed by atoms with E-state index in [9.17, 15) is 9.59 Å². The highest BCUT2D eigenvalue weighted by Gasteiger charge is 2.15. The second-order valence-electron chi connectivity index (χ2n) is 4.50. The summed E-state index contributed by atoms with van der Waals surface area (Å²) >= 11 is 1.56. The second kappa shape index (κ2) is 6.34. The SMILES string of the molecule is C[C@H](C(=O)NCc1cccc(C(=O)O)c1)c1ccsc1. The van der Waals surface area contributed by atoms with Crippen LogP contribution in [-0.2, 0) is 11.3 Å². The molecule has 5 heteroatoms. The summed E-state index contributed by atoms with van der Waals surface area (Å²) in [7, 11) is 0. The lowest BCUT2D eigenvalue weighted by molar-refractivity contribution is -0.122. The maximum Gasteiger partial charge on any atom is 0.335 e. The summed E-state index contributed by atoms with van der Waals surface area (Å²) in [5.41, 5.74) is 1.99. The number of carbonyl (C=O) groups is 2. The molecule has 1 aromatic heterocycles. The summed E-state index contributed by atoms with van der Waals surface area (Å²) in [4.78, 5) is 22.9. The number of amides is 1. The third kappa shape index (κ3) is 3.45. The lowest BCUT2D eigenvalue weighted by atomic mass is 10.0. The zero-order valence-electron chi connectivity index (χ0n) is 11.0. The minimum Gasteiger partial charge on any atom is -0.478 e. The van der Waals surface area contributed by atoms with Crippen LogP contribution in [0.25, 0.3) is 0 Å². The fourth-order valence-electron chi connectivity index (χ4n) is 1.83. The first-order valence-electron chi connectivity index (χ1n) is 6.20. The van der Waals surface area contributed by atoms with E-state index in [0.29, 0.717) is 6.54 Å². The molecule has 0 bridgehead atoms. The number of hydrogen-bond acceptors (Lipinski definition) is 3. The molecule has 20 heavy (non-hydrogen) atoms. The number of aromatic carboxylic acids is 1. The maximum atomic E-state index is 12.0. The van der Waals surface area contributed by atoms with Gasteiger partial charge in [-0.05, 0) is 47.0 Å². The Bertz CT molecular complexity index is 607. The smallest absolute Gasteiger partial charge is 0.335 e. The van der Waals surface area contributed by atoms with Crippen LogP contribution in [0.4, 0.5) is 0 Å². The predicted octanol–water partition coefficient (Wildman–Crippen LogP) is 2.87. The van der Waals surface area contributed by atoms with Crippen LogP contribution in [0, 0.1) is 0 Å². The van der Waals surface area contributed by atoms with Crippen LogP contribution in [0.1, 0.15) is 34.3 Å². The molecule has 104 valence electrons. The van der Waals surface area contributed by atoms with E-state index in [1.54, 1.807) is 29.5 Å². The highest BCUT2D eigenvalue weighted by atomic mass is 32.1. The summed E-state index contributed by atoms with van der Waals surface area (Å²) in [6, 6.07) is 8.49. The molecule has 2 aromatic rings. The largest absolute Gasteiger partial charge is 0.478 e. The summed E-state index contributed by atoms with van der Waals surface area (Å²) in [5.74, 6) is -1.24. The monoisotopic (exact) mass is 289 g/mol. The van der Waals surface area contributed by atoms with Gasteiger partial charge >= 0.3 is 5.97 Å². The first kappa shape index (κ1) is 14.3. The van der Waals surface area contributed by atoms with Crippen LogP contribution < -0.4 is 5.32 Å². The van der Waals surface area contributed by atoms with Gasteiger partial charge in [0.25, 0.3) is 0 Å². The molecule has 0 fully saturated rings. The van der Waals surface area contributed by atoms with Gasteiger partial charge < -0.3 is 10.4 Å². The van der Waals surface area contributed by atoms with Crippen LogP contribution >= 0.6 is 11.3 Å². The van der Waals surface area contributed by atoms with Gasteiger partial charge in [-0.1, -0.05) is 12.1 Å². The highest BCUT2D eigenvalue weighted by molar-refractivity contribution is 7.08. The lowest BCUT2D eigenvalue weighted by Crippen LogP contribution is -2.27. The Kier molecular flexibility index (Phi) is 4.53. The topological polar surface area (TPSA) is 66.4 Å². The van der Waals surface area contributed by atoms with Crippen LogP contribution in [0.5, 0.6) is 0 Å². The molecule has 0 spiro atoms. The zero-order chi connectivity index (χ0) is 14.5. The molecule has 1 heterocycles. The van der Waals surface area contributed by atoms with E-state index in [4.69, 9.17) is 5.11 Å². The fraction of sp³-hybridized carbons (Fsp3) is 0.200. The average Bonchev–Trinajstić information content (AvgIpc) is 2.98. The molecule has 0 aliphatic rings. The molecule has 0 unspecified atom stereocenters. The molecule has 1 aromatic carbocycles. The van der Waals surface area contributed by atoms with Gasteiger partial charge in [0.15, 0.2) is 0 Å². The van der Waals surface area contributed by atoms with Gasteiger partial charge in [-0.15, -0.1) is 0 Å². The van der Waals surface area contributed by atoms with Crippen molar-refractivity contribution in [1.82, 2.24) is 5.32 Å². The van der Waals surface area contributed by atoms with Crippen molar-refractivity contribution in [3.8, 4) is 0 Å². The number of rotatable bonds is 5. The molecule has 2 N–H and O–H groups in total. The van der Waals surface area contributed by atoms with E-state index in [-0.39, 0.29) is 17.4 Å². The van der Waals surface area contributed by atoms with Crippen molar-refractivity contribution < 1.29 is 14.7 Å². The zero-order valence-corrected chi connectivity index (χ0v) is 11.8. The first-order chi connectivity index (χ1) is 9.58. The van der Waals surface area contributed by atoms with Crippen LogP contribution in [0.15, 0.2) is 41.1 Å². The predicted molar refractivity (Wildman–Crippen MR) is 78.0 cm³/mol. The van der Waals surface area contributed by atoms with Crippen molar-refractivity contribution in [1.29, 1.82) is 0 Å². The molecule has 0 saturated carbocycles. The van der Waals surface area contributed by atoms with E-state index >= 15 is 0 Å². The summed E-state index contributed by atoms with van der Waals surface area (Å²) in [6.07, 6.45) is 0. The number of thiophene rings is 1. The van der Waals surface area contributed by atoms with Crippen molar-refractivity contribution in [3.63, 3.8) is 0 Å². The minimum atomic E-state index is -0.968. The van der Waals surface area contributed by atoms with Gasteiger partial charge in [0, 0.05) is 6.54 Å². The van der Waals surface area contributed by atoms with Gasteiger partial charge in [0.2, 0.25) is 5.91 Å². The van der Waals surface area contributed by atoms with Crippen LogP contribution in [0.3, 0.4) is 0 Å². The van der Waals surface area contributed by atoms with E-state index < -0.39 is 5.97 Å². The van der Waals surface area contributed by atoms with E-state index in [0.717, 1.165) is 11.1 Å². The van der Waals surface area contributed by atoms with Crippen molar-refractivity contribution in [2.45, 2.75) is 19.4 Å². The van der Waals surface area contributed by atoms with Crippen molar-refractivity contribution >= 4 is 23.2 Å². The van der Waals surface area contributed by atoms with Gasteiger partial charge in [0.05, 0.1) is 11.5 Å². The van der Waals surface area contributed by atoms with E-state index in [1.165, 1.54) is 6.07 Å². The quantitative estimate of drug-likeness (QED) is 0.889. The van der Waals surface area contributed by atoms with Crippen LogP contribution in [-0.4, -0.2) is 17.0 Å². The lowest BCUT2D eigenvalue weighted by Gasteiger charge is -2.11. The van der Waals surface area contributed by atoms with E-state index in [1.807, 2.05) is 23.8 Å². The fourth-order valence-corrected chi connectivity index (χ4v) is 2.58. The number of carboxylic acid groups (broad SMARTS) is 1. The van der Waals surface area contributed by atoms with Gasteiger partial charge in [-0.25, -0.2) is 4.79 Å². The van der Waals surface area contributed by atoms with Crippen molar-refractivity contribution in [2.24, 2.45) is 0 Å². The molecule has 0 saturated heterocycles. The summed E-state index contributed by atoms with van der Waals surface area (Å²) in [6.45, 7) is 2.18. The highest BCUT2D eigenvalue weighted by Crippen LogP contribution is 2.18. The Labute approximate surface area is 121 Å². The Balaban J connectivity index is 1.96. The first-order valence-corrected chi connectivity index (χ1v) is 7.14. The third-order valence-electron chi connectivity index (χ3n) is 3.08. The van der Waals surface area contributed by atoms with E-state index in [2.05, 4.69) is 5.32 Å². The standard InChI is InChI=1S/C15H15NO3S/c1-10(13-5-6-20-9-13)14(17)16-8-11-3-2-4-12(7-11)15(18)19/h2-7,9-10H,8H2,1H3,(H,16,17)(H,18,19)/t10-/m0/s1. The summed E-state index contributed by atoms with van der Waals surface area (Å²) in [5, 5.41) is 15.6. The van der Waals surface area contributed by atoms with Gasteiger partial charge in [-0.2, -0.15) is 11.3 Å². The molecule has 4 nitrogen and oxygen atoms in total. The number of hydrogen-bond donors (Lipinski definition) is 2. The molecule has 0 aliphatic heterocycles. The normalized spacial score (nSPS) is 11.8. The second-order valence-corrected chi connectivity index (χ2v) is 5.28. The number of carbonyl (C=O) groups excluding carboxylic acids is 1. The molecule has 1 amide bonds. The Morgan fingerprint density at radius 3 is 2.80 bits per heavy atom. The molecular formula is C15H15NO3S. The Morgan fingerprint density at radius 2 is 2.15 bits per heavy atom. The molecular weight excluding hydrogens is 274 g/mol. The number of nitrogens with one attached hydrogen (secondary N) is 1. The molecule has 2 rings (SSSR count). The summed E-state index contributed by atoms with van der Waals surface area (Å²) < 4.78 is 0. The maximum absolute atomic E-state index is 12.0. The number of carboxylic acids is 1.